The van der Waals surface area contributed by atoms with Gasteiger partial charge in [-0.15, -0.1) is 0 Å². The maximum Gasteiger partial charge on any atom is 0.0664 e. The Balaban J connectivity index is 2.38. The van der Waals surface area contributed by atoms with E-state index in [9.17, 15) is 5.11 Å². The third-order valence-electron chi connectivity index (χ3n) is 3.25. The van der Waals surface area contributed by atoms with Crippen molar-refractivity contribution in [1.29, 1.82) is 0 Å². The van der Waals surface area contributed by atoms with Crippen molar-refractivity contribution >= 4 is 0 Å². The van der Waals surface area contributed by atoms with Crippen molar-refractivity contribution in [2.24, 2.45) is 5.92 Å². The minimum Gasteiger partial charge on any atom is -0.392 e. The molecule has 0 radical (unpaired) electrons. The average molecular weight is 200 g/mol. The van der Waals surface area contributed by atoms with Gasteiger partial charge in [0.1, 0.15) is 0 Å². The van der Waals surface area contributed by atoms with Gasteiger partial charge >= 0.3 is 0 Å². The minimum absolute atomic E-state index is 0.150. The van der Waals surface area contributed by atoms with Gasteiger partial charge < -0.3 is 10.0 Å². The van der Waals surface area contributed by atoms with E-state index in [1.165, 1.54) is 0 Å². The molecule has 0 aliphatic carbocycles. The van der Waals surface area contributed by atoms with Gasteiger partial charge in [-0.05, 0) is 26.4 Å². The second kappa shape index (κ2) is 5.10. The molecule has 3 unspecified atom stereocenters. The molecule has 1 fully saturated rings. The largest absolute Gasteiger partial charge is 0.392 e. The van der Waals surface area contributed by atoms with Crippen LogP contribution in [0.1, 0.15) is 20.3 Å². The SMILES string of the molecule is CCC(O)CN1CC(C)C(N(C)C)C1. The van der Waals surface area contributed by atoms with Crippen LogP contribution >= 0.6 is 0 Å². The lowest BCUT2D eigenvalue weighted by Crippen LogP contribution is -2.36. The Bertz CT molecular complexity index is 173. The van der Waals surface area contributed by atoms with Crippen LogP contribution < -0.4 is 0 Å². The summed E-state index contributed by atoms with van der Waals surface area (Å²) < 4.78 is 0. The second-order valence-corrected chi connectivity index (χ2v) is 4.79. The summed E-state index contributed by atoms with van der Waals surface area (Å²) in [5.74, 6) is 0.717. The van der Waals surface area contributed by atoms with Gasteiger partial charge in [-0.3, -0.25) is 4.90 Å². The summed E-state index contributed by atoms with van der Waals surface area (Å²) in [4.78, 5) is 4.67. The summed E-state index contributed by atoms with van der Waals surface area (Å²) in [7, 11) is 4.28. The molecule has 1 rings (SSSR count). The lowest BCUT2D eigenvalue weighted by atomic mass is 10.1. The van der Waals surface area contributed by atoms with Gasteiger partial charge in [-0.1, -0.05) is 13.8 Å². The summed E-state index contributed by atoms with van der Waals surface area (Å²) in [6.07, 6.45) is 0.709. The molecule has 0 spiro atoms. The quantitative estimate of drug-likeness (QED) is 0.721. The number of β-amino-alcohol motifs (C(OH)–C–C–N with tert-alkyl or cyclic N) is 1. The number of nitrogens with zero attached hydrogens (tertiary/aromatic N) is 2. The molecule has 1 N–H and O–H groups in total. The van der Waals surface area contributed by atoms with Gasteiger partial charge in [0.05, 0.1) is 6.10 Å². The number of rotatable bonds is 4. The van der Waals surface area contributed by atoms with Crippen LogP contribution in [0.15, 0.2) is 0 Å². The van der Waals surface area contributed by atoms with E-state index in [0.29, 0.717) is 12.0 Å². The molecule has 84 valence electrons. The van der Waals surface area contributed by atoms with Crippen molar-refractivity contribution in [2.45, 2.75) is 32.4 Å². The number of likely N-dealkylation sites (tertiary alicyclic amines) is 1. The molecule has 3 nitrogen and oxygen atoms in total. The van der Waals surface area contributed by atoms with Gasteiger partial charge in [-0.25, -0.2) is 0 Å². The van der Waals surface area contributed by atoms with Gasteiger partial charge in [0.15, 0.2) is 0 Å². The number of hydrogen-bond acceptors (Lipinski definition) is 3. The smallest absolute Gasteiger partial charge is 0.0664 e. The third kappa shape index (κ3) is 2.94. The fourth-order valence-electron chi connectivity index (χ4n) is 2.30. The Hall–Kier alpha value is -0.120. The van der Waals surface area contributed by atoms with Gasteiger partial charge in [0.25, 0.3) is 0 Å². The molecule has 1 aliphatic rings. The third-order valence-corrected chi connectivity index (χ3v) is 3.25. The summed E-state index contributed by atoms with van der Waals surface area (Å²) >= 11 is 0. The van der Waals surface area contributed by atoms with E-state index in [-0.39, 0.29) is 6.10 Å². The van der Waals surface area contributed by atoms with Crippen LogP contribution in [0.25, 0.3) is 0 Å². The first-order valence-electron chi connectivity index (χ1n) is 5.61. The first kappa shape index (κ1) is 12.0. The number of hydrogen-bond donors (Lipinski definition) is 1. The molecule has 0 bridgehead atoms. The first-order chi connectivity index (χ1) is 6.54. The normalized spacial score (nSPS) is 31.3. The fraction of sp³-hybridized carbons (Fsp3) is 1.00. The molecule has 0 aromatic rings. The van der Waals surface area contributed by atoms with E-state index in [2.05, 4.69) is 30.8 Å². The maximum absolute atomic E-state index is 9.57. The molecular weight excluding hydrogens is 176 g/mol. The summed E-state index contributed by atoms with van der Waals surface area (Å²) in [5, 5.41) is 9.57. The Morgan fingerprint density at radius 1 is 1.43 bits per heavy atom. The van der Waals surface area contributed by atoms with Crippen LogP contribution in [0.2, 0.25) is 0 Å². The average Bonchev–Trinajstić information content (AvgIpc) is 2.46. The topological polar surface area (TPSA) is 26.7 Å². The van der Waals surface area contributed by atoms with Gasteiger partial charge in [0.2, 0.25) is 0 Å². The Morgan fingerprint density at radius 3 is 2.50 bits per heavy atom. The second-order valence-electron chi connectivity index (χ2n) is 4.79. The Kier molecular flexibility index (Phi) is 4.35. The predicted molar refractivity (Wildman–Crippen MR) is 59.4 cm³/mol. The fourth-order valence-corrected chi connectivity index (χ4v) is 2.30. The number of aliphatic hydroxyl groups excluding tert-OH is 1. The van der Waals surface area contributed by atoms with Crippen molar-refractivity contribution < 1.29 is 5.11 Å². The highest BCUT2D eigenvalue weighted by molar-refractivity contribution is 4.87. The van der Waals surface area contributed by atoms with E-state index in [1.807, 2.05) is 6.92 Å². The van der Waals surface area contributed by atoms with Crippen molar-refractivity contribution in [2.75, 3.05) is 33.7 Å². The highest BCUT2D eigenvalue weighted by Crippen LogP contribution is 2.20. The van der Waals surface area contributed by atoms with Crippen LogP contribution in [-0.2, 0) is 0 Å². The first-order valence-corrected chi connectivity index (χ1v) is 5.61. The highest BCUT2D eigenvalue weighted by atomic mass is 16.3. The number of likely N-dealkylation sites (N-methyl/N-ethyl adjacent to an activating group) is 1. The molecule has 0 saturated carbocycles. The number of aliphatic hydroxyl groups is 1. The predicted octanol–water partition coefficient (Wildman–Crippen LogP) is 0.639. The lowest BCUT2D eigenvalue weighted by molar-refractivity contribution is 0.117. The molecule has 1 heterocycles. The molecule has 14 heavy (non-hydrogen) atoms. The van der Waals surface area contributed by atoms with Gasteiger partial charge in [0, 0.05) is 25.7 Å². The lowest BCUT2D eigenvalue weighted by Gasteiger charge is -2.23. The molecule has 3 atom stereocenters. The van der Waals surface area contributed by atoms with Crippen molar-refractivity contribution in [3.8, 4) is 0 Å². The Morgan fingerprint density at radius 2 is 2.07 bits per heavy atom. The molecule has 0 aromatic carbocycles. The van der Waals surface area contributed by atoms with Crippen LogP contribution in [-0.4, -0.2) is 60.8 Å². The zero-order chi connectivity index (χ0) is 10.7. The molecule has 1 aliphatic heterocycles. The summed E-state index contributed by atoms with van der Waals surface area (Å²) in [6, 6.07) is 0.652. The Labute approximate surface area is 87.7 Å². The zero-order valence-electron chi connectivity index (χ0n) is 9.90. The van der Waals surface area contributed by atoms with Crippen molar-refractivity contribution in [3.05, 3.63) is 0 Å². The van der Waals surface area contributed by atoms with E-state index in [1.54, 1.807) is 0 Å². The van der Waals surface area contributed by atoms with E-state index < -0.39 is 0 Å². The van der Waals surface area contributed by atoms with Crippen LogP contribution in [0.5, 0.6) is 0 Å². The van der Waals surface area contributed by atoms with Crippen molar-refractivity contribution in [1.82, 2.24) is 9.80 Å². The van der Waals surface area contributed by atoms with Crippen LogP contribution in [0.3, 0.4) is 0 Å². The van der Waals surface area contributed by atoms with Gasteiger partial charge in [-0.2, -0.15) is 0 Å². The summed E-state index contributed by atoms with van der Waals surface area (Å²) in [6.45, 7) is 7.40. The standard InChI is InChI=1S/C11H24N2O/c1-5-10(14)7-13-6-9(2)11(8-13)12(3)4/h9-11,14H,5-8H2,1-4H3. The minimum atomic E-state index is -0.150. The van der Waals surface area contributed by atoms with E-state index >= 15 is 0 Å². The summed E-state index contributed by atoms with van der Waals surface area (Å²) in [5.41, 5.74) is 0. The zero-order valence-corrected chi connectivity index (χ0v) is 9.90. The van der Waals surface area contributed by atoms with Crippen LogP contribution in [0.4, 0.5) is 0 Å². The van der Waals surface area contributed by atoms with E-state index in [0.717, 1.165) is 26.1 Å². The highest BCUT2D eigenvalue weighted by Gasteiger charge is 2.31. The van der Waals surface area contributed by atoms with Crippen molar-refractivity contribution in [3.63, 3.8) is 0 Å². The molecule has 0 amide bonds. The molecule has 0 aromatic heterocycles. The maximum atomic E-state index is 9.57. The van der Waals surface area contributed by atoms with E-state index in [4.69, 9.17) is 0 Å². The monoisotopic (exact) mass is 200 g/mol. The molecule has 1 saturated heterocycles. The molecule has 3 heteroatoms. The molecular formula is C11H24N2O. The van der Waals surface area contributed by atoms with Crippen LogP contribution in [0, 0.1) is 5.92 Å².